The van der Waals surface area contributed by atoms with Gasteiger partial charge < -0.3 is 19.7 Å². The number of hydrogen-bond donors (Lipinski definition) is 1. The van der Waals surface area contributed by atoms with Gasteiger partial charge in [0.15, 0.2) is 6.10 Å². The van der Waals surface area contributed by atoms with Gasteiger partial charge in [0.2, 0.25) is 0 Å². The SMILES string of the molecule is CC1Oc2ccc(NC(=O)C(F)(F)F)cc2N(CCN2CCOCC2)C1=O. The van der Waals surface area contributed by atoms with Crippen molar-refractivity contribution in [3.63, 3.8) is 0 Å². The Morgan fingerprint density at radius 2 is 1.96 bits per heavy atom. The fourth-order valence-electron chi connectivity index (χ4n) is 2.98. The van der Waals surface area contributed by atoms with E-state index >= 15 is 0 Å². The molecule has 0 bridgehead atoms. The van der Waals surface area contributed by atoms with Crippen molar-refractivity contribution in [2.75, 3.05) is 49.6 Å². The van der Waals surface area contributed by atoms with Crippen LogP contribution in [0.15, 0.2) is 18.2 Å². The predicted molar refractivity (Wildman–Crippen MR) is 90.8 cm³/mol. The van der Waals surface area contributed by atoms with E-state index in [-0.39, 0.29) is 11.6 Å². The lowest BCUT2D eigenvalue weighted by Crippen LogP contribution is -2.48. The van der Waals surface area contributed by atoms with E-state index in [9.17, 15) is 22.8 Å². The molecule has 2 aliphatic heterocycles. The zero-order valence-electron chi connectivity index (χ0n) is 14.7. The summed E-state index contributed by atoms with van der Waals surface area (Å²) in [5, 5.41) is 1.80. The summed E-state index contributed by atoms with van der Waals surface area (Å²) in [6.07, 6.45) is -5.69. The monoisotopic (exact) mass is 387 g/mol. The van der Waals surface area contributed by atoms with Crippen LogP contribution in [0.5, 0.6) is 5.75 Å². The summed E-state index contributed by atoms with van der Waals surface area (Å²) >= 11 is 0. The van der Waals surface area contributed by atoms with E-state index in [1.165, 1.54) is 23.1 Å². The van der Waals surface area contributed by atoms with Gasteiger partial charge in [0.1, 0.15) is 5.75 Å². The van der Waals surface area contributed by atoms with Crippen molar-refractivity contribution in [1.29, 1.82) is 0 Å². The molecule has 27 heavy (non-hydrogen) atoms. The molecule has 1 aromatic carbocycles. The van der Waals surface area contributed by atoms with Gasteiger partial charge in [-0.1, -0.05) is 0 Å². The third-order valence-electron chi connectivity index (χ3n) is 4.43. The smallest absolute Gasteiger partial charge is 0.471 e. The summed E-state index contributed by atoms with van der Waals surface area (Å²) < 4.78 is 48.2. The number of ether oxygens (including phenoxy) is 2. The average molecular weight is 387 g/mol. The highest BCUT2D eigenvalue weighted by Gasteiger charge is 2.39. The van der Waals surface area contributed by atoms with Crippen molar-refractivity contribution in [3.8, 4) is 5.75 Å². The number of halogens is 3. The van der Waals surface area contributed by atoms with Gasteiger partial charge >= 0.3 is 12.1 Å². The first-order valence-electron chi connectivity index (χ1n) is 8.56. The third kappa shape index (κ3) is 4.51. The van der Waals surface area contributed by atoms with Gasteiger partial charge in [-0.25, -0.2) is 0 Å². The molecule has 2 amide bonds. The van der Waals surface area contributed by atoms with Gasteiger partial charge in [-0.15, -0.1) is 0 Å². The Bertz CT molecular complexity index is 720. The Hall–Kier alpha value is -2.33. The van der Waals surface area contributed by atoms with Crippen LogP contribution < -0.4 is 15.0 Å². The number of fused-ring (bicyclic) bond motifs is 1. The van der Waals surface area contributed by atoms with Crippen molar-refractivity contribution < 1.29 is 32.2 Å². The number of hydrogen-bond acceptors (Lipinski definition) is 5. The second kappa shape index (κ2) is 7.73. The zero-order chi connectivity index (χ0) is 19.6. The standard InChI is InChI=1S/C17H20F3N3O4/c1-11-15(24)23(5-4-22-6-8-26-9-7-22)13-10-12(2-3-14(13)27-11)21-16(25)17(18,19)20/h2-3,10-11H,4-9H2,1H3,(H,21,25). The minimum atomic E-state index is -4.99. The molecule has 0 saturated carbocycles. The number of benzene rings is 1. The predicted octanol–water partition coefficient (Wildman–Crippen LogP) is 1.63. The van der Waals surface area contributed by atoms with Gasteiger partial charge in [0.25, 0.3) is 5.91 Å². The van der Waals surface area contributed by atoms with E-state index in [4.69, 9.17) is 9.47 Å². The second-order valence-corrected chi connectivity index (χ2v) is 6.34. The topological polar surface area (TPSA) is 71.1 Å². The van der Waals surface area contributed by atoms with Gasteiger partial charge in [0, 0.05) is 31.9 Å². The van der Waals surface area contributed by atoms with Crippen LogP contribution in [0, 0.1) is 0 Å². The maximum Gasteiger partial charge on any atom is 0.471 e. The summed E-state index contributed by atoms with van der Waals surface area (Å²) in [6, 6.07) is 4.08. The molecule has 1 unspecified atom stereocenters. The maximum absolute atomic E-state index is 12.5. The maximum atomic E-state index is 12.5. The molecule has 2 aliphatic rings. The highest BCUT2D eigenvalue weighted by atomic mass is 19.4. The van der Waals surface area contributed by atoms with Gasteiger partial charge in [-0.05, 0) is 25.1 Å². The molecule has 1 fully saturated rings. The molecule has 148 valence electrons. The number of nitrogens with one attached hydrogen (secondary N) is 1. The molecule has 0 aromatic heterocycles. The Morgan fingerprint density at radius 3 is 2.63 bits per heavy atom. The molecule has 0 radical (unpaired) electrons. The van der Waals surface area contributed by atoms with Crippen LogP contribution in [0.1, 0.15) is 6.92 Å². The lowest BCUT2D eigenvalue weighted by atomic mass is 10.1. The highest BCUT2D eigenvalue weighted by Crippen LogP contribution is 2.36. The van der Waals surface area contributed by atoms with E-state index in [1.54, 1.807) is 12.2 Å². The highest BCUT2D eigenvalue weighted by molar-refractivity contribution is 6.01. The number of carbonyl (C=O) groups is 2. The lowest BCUT2D eigenvalue weighted by Gasteiger charge is -2.35. The molecule has 1 saturated heterocycles. The molecular formula is C17H20F3N3O4. The van der Waals surface area contributed by atoms with Crippen LogP contribution in [0.4, 0.5) is 24.5 Å². The minimum Gasteiger partial charge on any atom is -0.479 e. The largest absolute Gasteiger partial charge is 0.479 e. The van der Waals surface area contributed by atoms with E-state index in [0.29, 0.717) is 37.7 Å². The van der Waals surface area contributed by atoms with Crippen molar-refractivity contribution >= 4 is 23.2 Å². The Labute approximate surface area is 154 Å². The molecule has 1 atom stereocenters. The molecule has 0 aliphatic carbocycles. The third-order valence-corrected chi connectivity index (χ3v) is 4.43. The normalized spacial score (nSPS) is 20.8. The molecule has 0 spiro atoms. The first-order valence-corrected chi connectivity index (χ1v) is 8.56. The molecule has 7 nitrogen and oxygen atoms in total. The van der Waals surface area contributed by atoms with Crippen LogP contribution in [0.2, 0.25) is 0 Å². The van der Waals surface area contributed by atoms with Crippen LogP contribution in [0.3, 0.4) is 0 Å². The van der Waals surface area contributed by atoms with Crippen molar-refractivity contribution in [1.82, 2.24) is 4.90 Å². The summed E-state index contributed by atoms with van der Waals surface area (Å²) in [6.45, 7) is 5.32. The second-order valence-electron chi connectivity index (χ2n) is 6.34. The Morgan fingerprint density at radius 1 is 1.26 bits per heavy atom. The molecule has 10 heteroatoms. The number of morpholine rings is 1. The van der Waals surface area contributed by atoms with Crippen LogP contribution >= 0.6 is 0 Å². The molecular weight excluding hydrogens is 367 g/mol. The van der Waals surface area contributed by atoms with Crippen LogP contribution in [0.25, 0.3) is 0 Å². The van der Waals surface area contributed by atoms with E-state index in [1.807, 2.05) is 0 Å². The van der Waals surface area contributed by atoms with Gasteiger partial charge in [-0.2, -0.15) is 13.2 Å². The summed E-state index contributed by atoms with van der Waals surface area (Å²) in [5.41, 5.74) is 0.282. The number of alkyl halides is 3. The number of carbonyl (C=O) groups excluding carboxylic acids is 2. The molecule has 1 N–H and O–H groups in total. The molecule has 3 rings (SSSR count). The average Bonchev–Trinajstić information content (AvgIpc) is 2.62. The van der Waals surface area contributed by atoms with Crippen molar-refractivity contribution in [3.05, 3.63) is 18.2 Å². The van der Waals surface area contributed by atoms with Crippen LogP contribution in [-0.4, -0.2) is 68.4 Å². The molecule has 2 heterocycles. The number of amides is 2. The van der Waals surface area contributed by atoms with Crippen LogP contribution in [-0.2, 0) is 14.3 Å². The minimum absolute atomic E-state index is 0.0570. The van der Waals surface area contributed by atoms with Gasteiger partial charge in [0.05, 0.1) is 18.9 Å². The summed E-state index contributed by atoms with van der Waals surface area (Å²) in [7, 11) is 0. The van der Waals surface area contributed by atoms with E-state index in [0.717, 1.165) is 13.1 Å². The first kappa shape index (κ1) is 19.4. The number of rotatable bonds is 4. The summed E-state index contributed by atoms with van der Waals surface area (Å²) in [5.74, 6) is -1.97. The van der Waals surface area contributed by atoms with Crippen molar-refractivity contribution in [2.45, 2.75) is 19.2 Å². The first-order chi connectivity index (χ1) is 12.8. The quantitative estimate of drug-likeness (QED) is 0.851. The lowest BCUT2D eigenvalue weighted by molar-refractivity contribution is -0.167. The summed E-state index contributed by atoms with van der Waals surface area (Å²) in [4.78, 5) is 27.3. The number of nitrogens with zero attached hydrogens (tertiary/aromatic N) is 2. The fourth-order valence-corrected chi connectivity index (χ4v) is 2.98. The van der Waals surface area contributed by atoms with E-state index < -0.39 is 18.2 Å². The van der Waals surface area contributed by atoms with Crippen molar-refractivity contribution in [2.24, 2.45) is 0 Å². The Kier molecular flexibility index (Phi) is 5.56. The zero-order valence-corrected chi connectivity index (χ0v) is 14.7. The molecule has 1 aromatic rings. The number of anilines is 2. The van der Waals surface area contributed by atoms with Gasteiger partial charge in [-0.3, -0.25) is 14.5 Å². The Balaban J connectivity index is 1.79. The fraction of sp³-hybridized carbons (Fsp3) is 0.529. The van der Waals surface area contributed by atoms with E-state index in [2.05, 4.69) is 4.90 Å².